The number of hydrogen-bond acceptors (Lipinski definition) is 5. The van der Waals surface area contributed by atoms with Gasteiger partial charge in [-0.05, 0) is 29.0 Å². The van der Waals surface area contributed by atoms with Crippen LogP contribution in [0, 0.1) is 6.92 Å². The van der Waals surface area contributed by atoms with E-state index in [4.69, 9.17) is 5.11 Å². The summed E-state index contributed by atoms with van der Waals surface area (Å²) in [5.41, 5.74) is 3.47. The van der Waals surface area contributed by atoms with Crippen molar-refractivity contribution in [1.82, 2.24) is 5.32 Å². The topological polar surface area (TPSA) is 91.1 Å². The van der Waals surface area contributed by atoms with Crippen LogP contribution in [-0.2, 0) is 15.0 Å². The highest BCUT2D eigenvalue weighted by Gasteiger charge is 2.32. The molecular formula is C17H21N3O3S. The summed E-state index contributed by atoms with van der Waals surface area (Å²) in [5, 5.41) is 18.9. The molecule has 24 heavy (non-hydrogen) atoms. The number of carbonyl (C=O) groups excluding carboxylic acids is 1. The van der Waals surface area contributed by atoms with Gasteiger partial charge in [0.2, 0.25) is 5.91 Å². The lowest BCUT2D eigenvalue weighted by atomic mass is 9.83. The van der Waals surface area contributed by atoms with Crippen molar-refractivity contribution in [2.24, 2.45) is 10.2 Å². The number of benzene rings is 1. The minimum atomic E-state index is -1.01. The van der Waals surface area contributed by atoms with Crippen molar-refractivity contribution in [3.63, 3.8) is 0 Å². The Kier molecular flexibility index (Phi) is 5.43. The summed E-state index contributed by atoms with van der Waals surface area (Å²) in [6.45, 7) is 8.57. The number of thioether (sulfide) groups is 1. The first kappa shape index (κ1) is 18.2. The Bertz CT molecular complexity index is 720. The minimum Gasteiger partial charge on any atom is -0.481 e. The van der Waals surface area contributed by atoms with Crippen LogP contribution in [-0.4, -0.2) is 33.6 Å². The fourth-order valence-corrected chi connectivity index (χ4v) is 3.42. The average Bonchev–Trinajstić information content (AvgIpc) is 2.77. The zero-order valence-electron chi connectivity index (χ0n) is 14.2. The molecule has 6 nitrogen and oxygen atoms in total. The Labute approximate surface area is 145 Å². The first-order chi connectivity index (χ1) is 11.2. The van der Waals surface area contributed by atoms with E-state index in [-0.39, 0.29) is 17.7 Å². The van der Waals surface area contributed by atoms with Crippen molar-refractivity contribution >= 4 is 35.0 Å². The van der Waals surface area contributed by atoms with E-state index in [0.29, 0.717) is 5.17 Å². The third kappa shape index (κ3) is 4.67. The molecule has 0 saturated carbocycles. The molecule has 1 fully saturated rings. The maximum atomic E-state index is 11.6. The van der Waals surface area contributed by atoms with E-state index in [9.17, 15) is 9.59 Å². The molecule has 2 N–H and O–H groups in total. The first-order valence-electron chi connectivity index (χ1n) is 7.58. The van der Waals surface area contributed by atoms with E-state index in [1.807, 2.05) is 12.1 Å². The Balaban J connectivity index is 2.06. The lowest BCUT2D eigenvalue weighted by Gasteiger charge is -2.21. The summed E-state index contributed by atoms with van der Waals surface area (Å²) in [6.07, 6.45) is 1.39. The number of carboxylic acid groups (broad SMARTS) is 1. The van der Waals surface area contributed by atoms with Crippen LogP contribution in [0.2, 0.25) is 0 Å². The van der Waals surface area contributed by atoms with Crippen molar-refractivity contribution in [2.45, 2.75) is 44.8 Å². The highest BCUT2D eigenvalue weighted by atomic mass is 32.2. The molecule has 0 spiro atoms. The third-order valence-electron chi connectivity index (χ3n) is 3.55. The molecule has 1 amide bonds. The van der Waals surface area contributed by atoms with Crippen molar-refractivity contribution in [2.75, 3.05) is 0 Å². The van der Waals surface area contributed by atoms with Crippen LogP contribution in [0.4, 0.5) is 0 Å². The number of aryl methyl sites for hydroxylation is 1. The van der Waals surface area contributed by atoms with Crippen LogP contribution in [0.5, 0.6) is 0 Å². The van der Waals surface area contributed by atoms with Gasteiger partial charge in [0.1, 0.15) is 5.25 Å². The first-order valence-corrected chi connectivity index (χ1v) is 8.46. The van der Waals surface area contributed by atoms with Crippen LogP contribution < -0.4 is 5.32 Å². The van der Waals surface area contributed by atoms with Crippen molar-refractivity contribution in [3.05, 3.63) is 34.9 Å². The zero-order chi connectivity index (χ0) is 17.9. The molecule has 1 atom stereocenters. The van der Waals surface area contributed by atoms with Gasteiger partial charge in [0, 0.05) is 0 Å². The largest absolute Gasteiger partial charge is 0.481 e. The van der Waals surface area contributed by atoms with Crippen molar-refractivity contribution in [1.29, 1.82) is 0 Å². The van der Waals surface area contributed by atoms with E-state index in [0.717, 1.165) is 17.3 Å². The second-order valence-corrected chi connectivity index (χ2v) is 7.86. The van der Waals surface area contributed by atoms with Crippen LogP contribution in [0.25, 0.3) is 0 Å². The minimum absolute atomic E-state index is 0.0872. The Morgan fingerprint density at radius 3 is 2.71 bits per heavy atom. The maximum absolute atomic E-state index is 11.6. The molecule has 1 heterocycles. The van der Waals surface area contributed by atoms with Gasteiger partial charge in [-0.15, -0.1) is 5.10 Å². The van der Waals surface area contributed by atoms with Crippen LogP contribution in [0.1, 0.15) is 43.9 Å². The summed E-state index contributed by atoms with van der Waals surface area (Å²) in [6, 6.07) is 6.10. The number of carboxylic acids is 1. The van der Waals surface area contributed by atoms with Gasteiger partial charge in [0.25, 0.3) is 0 Å². The van der Waals surface area contributed by atoms with E-state index in [1.165, 1.54) is 11.1 Å². The molecule has 1 aliphatic heterocycles. The standard InChI is InChI=1S/C17H21N3O3S/c1-10-7-11(5-6-12(10)17(2,3)4)9-18-20-16-19-15(23)13(24-16)8-14(21)22/h5-7,9,13H,8H2,1-4H3,(H,21,22)(H,19,20,23)/b18-9+. The number of nitrogens with one attached hydrogen (secondary N) is 1. The molecule has 0 aromatic heterocycles. The van der Waals surface area contributed by atoms with Gasteiger partial charge >= 0.3 is 5.97 Å². The summed E-state index contributed by atoms with van der Waals surface area (Å²) in [7, 11) is 0. The van der Waals surface area contributed by atoms with Gasteiger partial charge < -0.3 is 10.4 Å². The molecule has 1 aromatic rings. The molecular weight excluding hydrogens is 326 g/mol. The molecule has 1 aromatic carbocycles. The summed E-state index contributed by atoms with van der Waals surface area (Å²) < 4.78 is 0. The Hall–Kier alpha value is -2.15. The molecule has 7 heteroatoms. The Morgan fingerprint density at radius 2 is 2.12 bits per heavy atom. The summed E-state index contributed by atoms with van der Waals surface area (Å²) in [5.74, 6) is -1.36. The number of aliphatic carboxylic acids is 1. The van der Waals surface area contributed by atoms with Gasteiger partial charge in [-0.2, -0.15) is 5.10 Å². The zero-order valence-corrected chi connectivity index (χ0v) is 15.0. The molecule has 0 aliphatic carbocycles. The van der Waals surface area contributed by atoms with Crippen LogP contribution in [0.15, 0.2) is 28.4 Å². The number of amides is 1. The Morgan fingerprint density at radius 1 is 1.42 bits per heavy atom. The number of rotatable bonds is 4. The molecule has 1 unspecified atom stereocenters. The second-order valence-electron chi connectivity index (χ2n) is 6.67. The van der Waals surface area contributed by atoms with E-state index >= 15 is 0 Å². The second kappa shape index (κ2) is 7.17. The molecule has 0 bridgehead atoms. The van der Waals surface area contributed by atoms with E-state index < -0.39 is 11.2 Å². The van der Waals surface area contributed by atoms with Crippen LogP contribution in [0.3, 0.4) is 0 Å². The SMILES string of the molecule is Cc1cc(/C=N/N=C2\NC(=O)C(CC(=O)O)S2)ccc1C(C)(C)C. The summed E-state index contributed by atoms with van der Waals surface area (Å²) in [4.78, 5) is 22.3. The lowest BCUT2D eigenvalue weighted by molar-refractivity contribution is -0.138. The van der Waals surface area contributed by atoms with E-state index in [2.05, 4.69) is 49.3 Å². The number of carbonyl (C=O) groups is 2. The molecule has 0 radical (unpaired) electrons. The van der Waals surface area contributed by atoms with Gasteiger partial charge in [-0.25, -0.2) is 0 Å². The molecule has 1 saturated heterocycles. The predicted molar refractivity (Wildman–Crippen MR) is 96.7 cm³/mol. The van der Waals surface area contributed by atoms with Gasteiger partial charge in [0.05, 0.1) is 12.6 Å². The average molecular weight is 347 g/mol. The molecule has 128 valence electrons. The highest BCUT2D eigenvalue weighted by Crippen LogP contribution is 2.26. The fraction of sp³-hybridized carbons (Fsp3) is 0.412. The smallest absolute Gasteiger partial charge is 0.305 e. The highest BCUT2D eigenvalue weighted by molar-refractivity contribution is 8.15. The summed E-state index contributed by atoms with van der Waals surface area (Å²) >= 11 is 1.09. The van der Waals surface area contributed by atoms with Gasteiger partial charge in [-0.3, -0.25) is 9.59 Å². The molecule has 2 rings (SSSR count). The van der Waals surface area contributed by atoms with Crippen LogP contribution >= 0.6 is 11.8 Å². The van der Waals surface area contributed by atoms with E-state index in [1.54, 1.807) is 6.21 Å². The third-order valence-corrected chi connectivity index (χ3v) is 4.62. The maximum Gasteiger partial charge on any atom is 0.305 e. The van der Waals surface area contributed by atoms with Gasteiger partial charge in [-0.1, -0.05) is 50.7 Å². The predicted octanol–water partition coefficient (Wildman–Crippen LogP) is 2.69. The van der Waals surface area contributed by atoms with Crippen molar-refractivity contribution < 1.29 is 14.7 Å². The number of nitrogens with zero attached hydrogens (tertiary/aromatic N) is 2. The normalized spacial score (nSPS) is 19.9. The lowest BCUT2D eigenvalue weighted by Crippen LogP contribution is -2.26. The fourth-order valence-electron chi connectivity index (χ4n) is 2.50. The quantitative estimate of drug-likeness (QED) is 0.647. The van der Waals surface area contributed by atoms with Crippen molar-refractivity contribution in [3.8, 4) is 0 Å². The molecule has 1 aliphatic rings. The van der Waals surface area contributed by atoms with Gasteiger partial charge in [0.15, 0.2) is 5.17 Å². The number of amidine groups is 1. The number of hydrogen-bond donors (Lipinski definition) is 2. The monoisotopic (exact) mass is 347 g/mol.